The molecule has 6 nitrogen and oxygen atoms in total. The van der Waals surface area contributed by atoms with Crippen molar-refractivity contribution in [2.45, 2.75) is 11.4 Å². The van der Waals surface area contributed by atoms with Crippen molar-refractivity contribution in [1.82, 2.24) is 4.72 Å². The van der Waals surface area contributed by atoms with E-state index in [0.29, 0.717) is 11.1 Å². The zero-order chi connectivity index (χ0) is 15.5. The minimum Gasteiger partial charge on any atom is -0.477 e. The molecule has 0 unspecified atom stereocenters. The second-order valence-electron chi connectivity index (χ2n) is 4.09. The topological polar surface area (TPSA) is 107 Å². The van der Waals surface area contributed by atoms with Gasteiger partial charge < -0.3 is 5.11 Å². The maximum Gasteiger partial charge on any atom is 0.345 e. The number of nitrogens with zero attached hydrogens (tertiary/aromatic N) is 1. The minimum absolute atomic E-state index is 0.0239. The van der Waals surface area contributed by atoms with Crippen molar-refractivity contribution in [3.63, 3.8) is 0 Å². The monoisotopic (exact) mass is 322 g/mol. The number of rotatable bonds is 5. The first-order chi connectivity index (χ1) is 9.92. The molecule has 1 aromatic heterocycles. The van der Waals surface area contributed by atoms with Crippen molar-refractivity contribution in [1.29, 1.82) is 5.26 Å². The van der Waals surface area contributed by atoms with Gasteiger partial charge in [-0.3, -0.25) is 0 Å². The molecule has 0 saturated carbocycles. The van der Waals surface area contributed by atoms with Crippen LogP contribution >= 0.6 is 11.3 Å². The summed E-state index contributed by atoms with van der Waals surface area (Å²) in [5.74, 6) is -1.16. The normalized spacial score (nSPS) is 11.0. The van der Waals surface area contributed by atoms with Crippen molar-refractivity contribution >= 4 is 27.3 Å². The molecule has 0 bridgehead atoms. The first-order valence-corrected chi connectivity index (χ1v) is 8.09. The van der Waals surface area contributed by atoms with Gasteiger partial charge in [-0.1, -0.05) is 12.1 Å². The van der Waals surface area contributed by atoms with Crippen molar-refractivity contribution in [3.05, 3.63) is 51.7 Å². The molecule has 1 heterocycles. The van der Waals surface area contributed by atoms with E-state index in [-0.39, 0.29) is 16.3 Å². The minimum atomic E-state index is -3.78. The Balaban J connectivity index is 2.14. The number of benzene rings is 1. The molecule has 2 rings (SSSR count). The lowest BCUT2D eigenvalue weighted by atomic mass is 10.1. The van der Waals surface area contributed by atoms with Gasteiger partial charge in [0.1, 0.15) is 4.88 Å². The third kappa shape index (κ3) is 3.66. The van der Waals surface area contributed by atoms with Crippen LogP contribution in [0.15, 0.2) is 40.6 Å². The second-order valence-corrected chi connectivity index (χ2v) is 6.77. The van der Waals surface area contributed by atoms with E-state index >= 15 is 0 Å². The predicted octanol–water partition coefficient (Wildman–Crippen LogP) is 1.80. The Hall–Kier alpha value is -2.21. The highest BCUT2D eigenvalue weighted by Crippen LogP contribution is 2.19. The number of sulfonamides is 1. The zero-order valence-electron chi connectivity index (χ0n) is 10.6. The van der Waals surface area contributed by atoms with Gasteiger partial charge in [-0.25, -0.2) is 17.9 Å². The maximum absolute atomic E-state index is 12.0. The van der Waals surface area contributed by atoms with E-state index in [4.69, 9.17) is 10.4 Å². The molecular formula is C13H10N2O4S2. The van der Waals surface area contributed by atoms with Crippen LogP contribution in [0.4, 0.5) is 0 Å². The molecule has 0 saturated heterocycles. The first-order valence-electron chi connectivity index (χ1n) is 5.73. The van der Waals surface area contributed by atoms with Crippen LogP contribution in [-0.4, -0.2) is 19.5 Å². The second kappa shape index (κ2) is 6.05. The highest BCUT2D eigenvalue weighted by molar-refractivity contribution is 7.89. The molecule has 2 N–H and O–H groups in total. The number of carboxylic acids is 1. The lowest BCUT2D eigenvalue weighted by molar-refractivity contribution is 0.0702. The Bertz CT molecular complexity index is 819. The van der Waals surface area contributed by atoms with Gasteiger partial charge >= 0.3 is 5.97 Å². The van der Waals surface area contributed by atoms with E-state index in [0.717, 1.165) is 17.4 Å². The molecule has 2 aromatic rings. The fourth-order valence-corrected chi connectivity index (χ4v) is 3.71. The SMILES string of the molecule is N#Cc1cccc(CNS(=O)(=O)c2csc(C(=O)O)c2)c1. The molecule has 21 heavy (non-hydrogen) atoms. The lowest BCUT2D eigenvalue weighted by Gasteiger charge is -2.05. The standard InChI is InChI=1S/C13H10N2O4S2/c14-6-9-2-1-3-10(4-9)7-15-21(18,19)11-5-12(13(16)17)20-8-11/h1-5,8,15H,7H2,(H,16,17). The Morgan fingerprint density at radius 2 is 2.14 bits per heavy atom. The number of aromatic carboxylic acids is 1. The summed E-state index contributed by atoms with van der Waals surface area (Å²) < 4.78 is 26.4. The highest BCUT2D eigenvalue weighted by Gasteiger charge is 2.18. The van der Waals surface area contributed by atoms with E-state index in [1.807, 2.05) is 6.07 Å². The van der Waals surface area contributed by atoms with Gasteiger partial charge in [0.05, 0.1) is 16.5 Å². The number of carboxylic acid groups (broad SMARTS) is 1. The molecular weight excluding hydrogens is 312 g/mol. The Morgan fingerprint density at radius 1 is 1.38 bits per heavy atom. The van der Waals surface area contributed by atoms with Crippen LogP contribution in [0.3, 0.4) is 0 Å². The summed E-state index contributed by atoms with van der Waals surface area (Å²) in [4.78, 5) is 10.6. The van der Waals surface area contributed by atoms with Crippen LogP contribution in [-0.2, 0) is 16.6 Å². The number of hydrogen-bond acceptors (Lipinski definition) is 5. The summed E-state index contributed by atoms with van der Waals surface area (Å²) in [7, 11) is -3.78. The molecule has 108 valence electrons. The average molecular weight is 322 g/mol. The van der Waals surface area contributed by atoms with Gasteiger partial charge in [0.2, 0.25) is 10.0 Å². The van der Waals surface area contributed by atoms with Crippen molar-refractivity contribution < 1.29 is 18.3 Å². The van der Waals surface area contributed by atoms with E-state index < -0.39 is 16.0 Å². The summed E-state index contributed by atoms with van der Waals surface area (Å²) in [6, 6.07) is 9.64. The van der Waals surface area contributed by atoms with E-state index in [1.165, 1.54) is 5.38 Å². The fourth-order valence-electron chi connectivity index (χ4n) is 1.58. The Morgan fingerprint density at radius 3 is 2.76 bits per heavy atom. The number of hydrogen-bond donors (Lipinski definition) is 2. The van der Waals surface area contributed by atoms with Gasteiger partial charge in [0, 0.05) is 11.9 Å². The Labute approximate surface area is 125 Å². The lowest BCUT2D eigenvalue weighted by Crippen LogP contribution is -2.22. The van der Waals surface area contributed by atoms with Crippen LogP contribution in [0, 0.1) is 11.3 Å². The van der Waals surface area contributed by atoms with Crippen LogP contribution in [0.2, 0.25) is 0 Å². The third-order valence-electron chi connectivity index (χ3n) is 2.62. The van der Waals surface area contributed by atoms with Crippen molar-refractivity contribution in [2.24, 2.45) is 0 Å². The third-order valence-corrected chi connectivity index (χ3v) is 5.07. The van der Waals surface area contributed by atoms with Gasteiger partial charge in [0.15, 0.2) is 0 Å². The quantitative estimate of drug-likeness (QED) is 0.872. The molecule has 0 radical (unpaired) electrons. The molecule has 1 aromatic carbocycles. The molecule has 0 spiro atoms. The predicted molar refractivity (Wildman–Crippen MR) is 76.5 cm³/mol. The van der Waals surface area contributed by atoms with Crippen LogP contribution in [0.5, 0.6) is 0 Å². The average Bonchev–Trinajstić information content (AvgIpc) is 2.96. The number of nitriles is 1. The zero-order valence-corrected chi connectivity index (χ0v) is 12.2. The van der Waals surface area contributed by atoms with Gasteiger partial charge in [0.25, 0.3) is 0 Å². The Kier molecular flexibility index (Phi) is 4.37. The van der Waals surface area contributed by atoms with E-state index in [2.05, 4.69) is 4.72 Å². The number of carbonyl (C=O) groups is 1. The number of nitrogens with one attached hydrogen (secondary N) is 1. The molecule has 0 aliphatic rings. The molecule has 0 amide bonds. The summed E-state index contributed by atoms with van der Waals surface area (Å²) in [6.45, 7) is 0.0239. The smallest absolute Gasteiger partial charge is 0.345 e. The summed E-state index contributed by atoms with van der Waals surface area (Å²) >= 11 is 0.850. The largest absolute Gasteiger partial charge is 0.477 e. The first kappa shape index (κ1) is 15.2. The fraction of sp³-hybridized carbons (Fsp3) is 0.0769. The highest BCUT2D eigenvalue weighted by atomic mass is 32.2. The maximum atomic E-state index is 12.0. The summed E-state index contributed by atoms with van der Waals surface area (Å²) in [6.07, 6.45) is 0. The van der Waals surface area contributed by atoms with E-state index in [9.17, 15) is 13.2 Å². The van der Waals surface area contributed by atoms with Crippen LogP contribution in [0.1, 0.15) is 20.8 Å². The van der Waals surface area contributed by atoms with Gasteiger partial charge in [-0.15, -0.1) is 11.3 Å². The molecule has 0 aliphatic heterocycles. The number of thiophene rings is 1. The van der Waals surface area contributed by atoms with Crippen molar-refractivity contribution in [3.8, 4) is 6.07 Å². The molecule has 8 heteroatoms. The summed E-state index contributed by atoms with van der Waals surface area (Å²) in [5, 5.41) is 18.8. The molecule has 0 aliphatic carbocycles. The van der Waals surface area contributed by atoms with Crippen LogP contribution in [0.25, 0.3) is 0 Å². The molecule has 0 atom stereocenters. The van der Waals surface area contributed by atoms with Gasteiger partial charge in [-0.2, -0.15) is 5.26 Å². The summed E-state index contributed by atoms with van der Waals surface area (Å²) in [5.41, 5.74) is 1.08. The van der Waals surface area contributed by atoms with Gasteiger partial charge in [-0.05, 0) is 23.8 Å². The van der Waals surface area contributed by atoms with Crippen LogP contribution < -0.4 is 4.72 Å². The van der Waals surface area contributed by atoms with Crippen molar-refractivity contribution in [2.75, 3.05) is 0 Å². The van der Waals surface area contributed by atoms with E-state index in [1.54, 1.807) is 24.3 Å². The molecule has 0 fully saturated rings.